The maximum atomic E-state index is 4.94. The van der Waals surface area contributed by atoms with Crippen molar-refractivity contribution < 1.29 is 4.84 Å². The van der Waals surface area contributed by atoms with E-state index in [2.05, 4.69) is 15.7 Å². The molecule has 0 aliphatic carbocycles. The molecule has 1 N–H and O–H groups in total. The highest BCUT2D eigenvalue weighted by atomic mass is 16.7. The summed E-state index contributed by atoms with van der Waals surface area (Å²) in [6.45, 7) is 0. The van der Waals surface area contributed by atoms with Gasteiger partial charge in [0.15, 0.2) is 5.65 Å². The zero-order chi connectivity index (χ0) is 13.4. The predicted molar refractivity (Wildman–Crippen MR) is 74.3 cm³/mol. The summed E-state index contributed by atoms with van der Waals surface area (Å²) in [5.74, 6) is 0. The molecule has 6 nitrogen and oxygen atoms in total. The van der Waals surface area contributed by atoms with E-state index in [1.165, 1.54) is 0 Å². The number of fused-ring (bicyclic) bond motifs is 1. The largest absolute Gasteiger partial charge is 0.395 e. The number of hydrogen-bond donors (Lipinski definition) is 1. The van der Waals surface area contributed by atoms with Gasteiger partial charge in [-0.2, -0.15) is 5.10 Å². The number of nitrogens with one attached hydrogen (secondary N) is 1. The second-order valence-corrected chi connectivity index (χ2v) is 4.36. The first-order valence-corrected chi connectivity index (χ1v) is 6.18. The number of imidazole rings is 1. The number of rotatable bonds is 2. The first-order chi connectivity index (χ1) is 9.90. The third kappa shape index (κ3) is 1.79. The maximum absolute atomic E-state index is 4.94. The van der Waals surface area contributed by atoms with Crippen LogP contribution in [0.1, 0.15) is 0 Å². The van der Waals surface area contributed by atoms with Crippen LogP contribution < -0.4 is 10.6 Å². The Balaban J connectivity index is 1.69. The summed E-state index contributed by atoms with van der Waals surface area (Å²) >= 11 is 0. The van der Waals surface area contributed by atoms with Crippen molar-refractivity contribution in [2.75, 3.05) is 5.01 Å². The molecule has 0 radical (unpaired) electrons. The Kier molecular flexibility index (Phi) is 2.40. The summed E-state index contributed by atoms with van der Waals surface area (Å²) in [5, 5.41) is 6.00. The molecule has 6 heteroatoms. The first-order valence-electron chi connectivity index (χ1n) is 6.18. The van der Waals surface area contributed by atoms with Gasteiger partial charge in [-0.05, 0) is 24.3 Å². The molecule has 1 aliphatic heterocycles. The van der Waals surface area contributed by atoms with Gasteiger partial charge in [-0.1, -0.05) is 17.7 Å². The Hall–Kier alpha value is -2.86. The lowest BCUT2D eigenvalue weighted by Gasteiger charge is -2.13. The van der Waals surface area contributed by atoms with Gasteiger partial charge in [-0.3, -0.25) is 0 Å². The van der Waals surface area contributed by atoms with Gasteiger partial charge in [0.25, 0.3) is 0 Å². The van der Waals surface area contributed by atoms with Crippen LogP contribution >= 0.6 is 0 Å². The Labute approximate surface area is 114 Å². The molecule has 1 aromatic carbocycles. The minimum atomic E-state index is 0.837. The summed E-state index contributed by atoms with van der Waals surface area (Å²) in [5.41, 5.74) is 6.52. The Morgan fingerprint density at radius 1 is 1.10 bits per heavy atom. The standard InChI is InChI=1S/C14H11N5O/c1-2-14-16-13(10-19(14)15-7-1)11-3-5-12(6-4-11)18-8-9-20-17-18/h1-10,17H. The van der Waals surface area contributed by atoms with Crippen molar-refractivity contribution in [1.29, 1.82) is 0 Å². The maximum Gasteiger partial charge on any atom is 0.154 e. The molecule has 3 aromatic rings. The molecule has 2 aromatic heterocycles. The minimum Gasteiger partial charge on any atom is -0.395 e. The molecule has 0 bridgehead atoms. The van der Waals surface area contributed by atoms with Gasteiger partial charge >= 0.3 is 0 Å². The molecular formula is C14H11N5O. The summed E-state index contributed by atoms with van der Waals surface area (Å²) in [7, 11) is 0. The summed E-state index contributed by atoms with van der Waals surface area (Å²) in [6.07, 6.45) is 7.06. The van der Waals surface area contributed by atoms with Crippen molar-refractivity contribution in [3.8, 4) is 11.3 Å². The summed E-state index contributed by atoms with van der Waals surface area (Å²) in [6, 6.07) is 11.8. The molecule has 0 atom stereocenters. The van der Waals surface area contributed by atoms with Gasteiger partial charge in [-0.15, -0.1) is 0 Å². The van der Waals surface area contributed by atoms with Gasteiger partial charge in [-0.25, -0.2) is 14.5 Å². The number of nitrogens with zero attached hydrogens (tertiary/aromatic N) is 4. The Bertz CT molecular complexity index is 745. The highest BCUT2D eigenvalue weighted by Gasteiger charge is 2.09. The van der Waals surface area contributed by atoms with E-state index >= 15 is 0 Å². The lowest BCUT2D eigenvalue weighted by Crippen LogP contribution is -2.26. The molecule has 0 unspecified atom stereocenters. The fourth-order valence-corrected chi connectivity index (χ4v) is 2.11. The van der Waals surface area contributed by atoms with Crippen LogP contribution in [0.15, 0.2) is 61.3 Å². The van der Waals surface area contributed by atoms with E-state index in [-0.39, 0.29) is 0 Å². The van der Waals surface area contributed by atoms with Crippen LogP contribution in [0.5, 0.6) is 0 Å². The van der Waals surface area contributed by atoms with Crippen LogP contribution in [-0.2, 0) is 4.84 Å². The number of benzene rings is 1. The molecule has 0 saturated heterocycles. The van der Waals surface area contributed by atoms with E-state index in [0.29, 0.717) is 0 Å². The lowest BCUT2D eigenvalue weighted by atomic mass is 10.1. The Morgan fingerprint density at radius 2 is 2.00 bits per heavy atom. The molecular weight excluding hydrogens is 254 g/mol. The van der Waals surface area contributed by atoms with E-state index in [1.807, 2.05) is 48.8 Å². The molecule has 98 valence electrons. The quantitative estimate of drug-likeness (QED) is 0.769. The van der Waals surface area contributed by atoms with Crippen LogP contribution in [0.4, 0.5) is 5.69 Å². The molecule has 3 heterocycles. The van der Waals surface area contributed by atoms with Gasteiger partial charge in [0, 0.05) is 11.8 Å². The average molecular weight is 265 g/mol. The van der Waals surface area contributed by atoms with Gasteiger partial charge in [0.05, 0.1) is 23.8 Å². The zero-order valence-electron chi connectivity index (χ0n) is 10.5. The molecule has 0 spiro atoms. The molecule has 0 saturated carbocycles. The second-order valence-electron chi connectivity index (χ2n) is 4.36. The minimum absolute atomic E-state index is 0.837. The highest BCUT2D eigenvalue weighted by Crippen LogP contribution is 2.23. The van der Waals surface area contributed by atoms with Gasteiger partial charge in [0.2, 0.25) is 0 Å². The first kappa shape index (κ1) is 11.0. The Morgan fingerprint density at radius 3 is 2.75 bits per heavy atom. The fourth-order valence-electron chi connectivity index (χ4n) is 2.11. The predicted octanol–water partition coefficient (Wildman–Crippen LogP) is 2.12. The summed E-state index contributed by atoms with van der Waals surface area (Å²) in [4.78, 5) is 9.48. The second kappa shape index (κ2) is 4.36. The van der Waals surface area contributed by atoms with Crippen molar-refractivity contribution in [3.05, 3.63) is 61.3 Å². The van der Waals surface area contributed by atoms with Gasteiger partial charge < -0.3 is 4.84 Å². The average Bonchev–Trinajstić information content (AvgIpc) is 3.17. The number of aromatic nitrogens is 3. The SMILES string of the molecule is C1=CN(c2ccc(-c3cn4ncccc4n3)cc2)NO1. The van der Waals surface area contributed by atoms with Crippen LogP contribution in [-0.4, -0.2) is 14.6 Å². The smallest absolute Gasteiger partial charge is 0.154 e. The normalized spacial score (nSPS) is 13.9. The van der Waals surface area contributed by atoms with E-state index in [9.17, 15) is 0 Å². The number of hydrogen-bond acceptors (Lipinski definition) is 5. The van der Waals surface area contributed by atoms with Crippen molar-refractivity contribution in [1.82, 2.24) is 20.2 Å². The van der Waals surface area contributed by atoms with Crippen LogP contribution in [0.3, 0.4) is 0 Å². The molecule has 20 heavy (non-hydrogen) atoms. The van der Waals surface area contributed by atoms with Crippen LogP contribution in [0.25, 0.3) is 16.9 Å². The van der Waals surface area contributed by atoms with Crippen LogP contribution in [0, 0.1) is 0 Å². The van der Waals surface area contributed by atoms with Crippen LogP contribution in [0.2, 0.25) is 0 Å². The number of anilines is 1. The summed E-state index contributed by atoms with van der Waals surface area (Å²) < 4.78 is 1.77. The number of hydrazine groups is 1. The van der Waals surface area contributed by atoms with E-state index in [4.69, 9.17) is 4.84 Å². The molecule has 0 fully saturated rings. The van der Waals surface area contributed by atoms with Crippen molar-refractivity contribution in [3.63, 3.8) is 0 Å². The molecule has 0 amide bonds. The lowest BCUT2D eigenvalue weighted by molar-refractivity contribution is 0.159. The third-order valence-corrected chi connectivity index (χ3v) is 3.11. The molecule has 4 rings (SSSR count). The van der Waals surface area contributed by atoms with E-state index in [1.54, 1.807) is 22.0 Å². The topological polar surface area (TPSA) is 54.7 Å². The van der Waals surface area contributed by atoms with Crippen molar-refractivity contribution >= 4 is 11.3 Å². The van der Waals surface area contributed by atoms with Crippen molar-refractivity contribution in [2.24, 2.45) is 0 Å². The van der Waals surface area contributed by atoms with E-state index in [0.717, 1.165) is 22.6 Å². The third-order valence-electron chi connectivity index (χ3n) is 3.11. The zero-order valence-corrected chi connectivity index (χ0v) is 10.5. The fraction of sp³-hybridized carbons (Fsp3) is 0. The molecule has 1 aliphatic rings. The van der Waals surface area contributed by atoms with Crippen molar-refractivity contribution in [2.45, 2.75) is 0 Å². The van der Waals surface area contributed by atoms with E-state index < -0.39 is 0 Å². The highest BCUT2D eigenvalue weighted by molar-refractivity contribution is 5.65. The monoisotopic (exact) mass is 265 g/mol. The van der Waals surface area contributed by atoms with Gasteiger partial charge in [0.1, 0.15) is 6.26 Å².